The zero-order valence-electron chi connectivity index (χ0n) is 13.3. The highest BCUT2D eigenvalue weighted by atomic mass is 16.5. The van der Waals surface area contributed by atoms with Crippen molar-refractivity contribution in [2.24, 2.45) is 0 Å². The monoisotopic (exact) mass is 329 g/mol. The number of nitrogens with zero attached hydrogens (tertiary/aromatic N) is 2. The molecule has 0 aromatic heterocycles. The second-order valence-corrected chi connectivity index (χ2v) is 6.34. The van der Waals surface area contributed by atoms with E-state index >= 15 is 0 Å². The van der Waals surface area contributed by atoms with E-state index in [9.17, 15) is 14.4 Å². The third kappa shape index (κ3) is 2.54. The lowest BCUT2D eigenvalue weighted by Gasteiger charge is -2.29. The second-order valence-electron chi connectivity index (χ2n) is 6.34. The Kier molecular flexibility index (Phi) is 3.72. The van der Waals surface area contributed by atoms with Crippen molar-refractivity contribution in [3.8, 4) is 0 Å². The van der Waals surface area contributed by atoms with Crippen LogP contribution in [-0.2, 0) is 20.9 Å². The summed E-state index contributed by atoms with van der Waals surface area (Å²) in [6.07, 6.45) is 0.663. The van der Waals surface area contributed by atoms with Crippen molar-refractivity contribution >= 4 is 23.4 Å². The van der Waals surface area contributed by atoms with Crippen LogP contribution in [0.15, 0.2) is 18.2 Å². The van der Waals surface area contributed by atoms with Gasteiger partial charge in [0.05, 0.1) is 13.2 Å². The Morgan fingerprint density at radius 2 is 1.92 bits per heavy atom. The average molecular weight is 329 g/mol. The number of amides is 3. The van der Waals surface area contributed by atoms with E-state index in [1.54, 1.807) is 4.90 Å². The number of hydrogen-bond donors (Lipinski definition) is 1. The molecule has 1 atom stereocenters. The molecule has 1 aromatic carbocycles. The normalized spacial score (nSPS) is 24.2. The van der Waals surface area contributed by atoms with Crippen LogP contribution in [0.4, 0.5) is 5.69 Å². The first kappa shape index (κ1) is 15.1. The molecule has 7 heteroatoms. The number of anilines is 1. The molecule has 3 amide bonds. The largest absolute Gasteiger partial charge is 0.378 e. The predicted octanol–water partition coefficient (Wildman–Crippen LogP) is 0.284. The summed E-state index contributed by atoms with van der Waals surface area (Å²) >= 11 is 0. The molecule has 24 heavy (non-hydrogen) atoms. The number of hydrogen-bond acceptors (Lipinski definition) is 5. The van der Waals surface area contributed by atoms with E-state index in [1.807, 2.05) is 18.2 Å². The molecule has 2 saturated heterocycles. The first-order valence-electron chi connectivity index (χ1n) is 8.24. The van der Waals surface area contributed by atoms with E-state index in [1.165, 1.54) is 0 Å². The topological polar surface area (TPSA) is 79.0 Å². The van der Waals surface area contributed by atoms with Gasteiger partial charge < -0.3 is 14.5 Å². The molecule has 1 N–H and O–H groups in total. The van der Waals surface area contributed by atoms with Crippen LogP contribution in [0.1, 0.15) is 28.8 Å². The number of carbonyl (C=O) groups is 3. The van der Waals surface area contributed by atoms with Crippen molar-refractivity contribution in [1.82, 2.24) is 10.2 Å². The van der Waals surface area contributed by atoms with Gasteiger partial charge in [-0.1, -0.05) is 0 Å². The molecule has 0 spiro atoms. The summed E-state index contributed by atoms with van der Waals surface area (Å²) in [5.41, 5.74) is 2.67. The number of rotatable bonds is 2. The van der Waals surface area contributed by atoms with Crippen molar-refractivity contribution < 1.29 is 19.1 Å². The standard InChI is InChI=1S/C17H19N3O4/c21-15-4-3-14(16(22)18-15)20-10-11-9-12(1-2-13(11)17(20)23)19-5-7-24-8-6-19/h1-2,9,14H,3-8,10H2,(H,18,21,22). The highest BCUT2D eigenvalue weighted by Crippen LogP contribution is 2.30. The fraction of sp³-hybridized carbons (Fsp3) is 0.471. The van der Waals surface area contributed by atoms with Gasteiger partial charge in [-0.2, -0.15) is 0 Å². The predicted molar refractivity (Wildman–Crippen MR) is 85.5 cm³/mol. The zero-order valence-corrected chi connectivity index (χ0v) is 13.3. The van der Waals surface area contributed by atoms with E-state index in [2.05, 4.69) is 10.2 Å². The molecule has 3 aliphatic rings. The molecule has 2 fully saturated rings. The third-order valence-electron chi connectivity index (χ3n) is 4.88. The van der Waals surface area contributed by atoms with Gasteiger partial charge >= 0.3 is 0 Å². The molecular weight excluding hydrogens is 310 g/mol. The Balaban J connectivity index is 1.55. The summed E-state index contributed by atoms with van der Waals surface area (Å²) in [4.78, 5) is 39.8. The number of piperidine rings is 1. The van der Waals surface area contributed by atoms with Gasteiger partial charge in [0.15, 0.2) is 0 Å². The van der Waals surface area contributed by atoms with E-state index < -0.39 is 6.04 Å². The maximum absolute atomic E-state index is 12.6. The molecule has 126 valence electrons. The molecule has 3 heterocycles. The lowest BCUT2D eigenvalue weighted by atomic mass is 10.0. The quantitative estimate of drug-likeness (QED) is 0.789. The van der Waals surface area contributed by atoms with Crippen LogP contribution >= 0.6 is 0 Å². The Labute approximate surface area is 139 Å². The van der Waals surface area contributed by atoms with Crippen LogP contribution in [-0.4, -0.2) is 55.0 Å². The minimum absolute atomic E-state index is 0.131. The SMILES string of the molecule is O=C1CCC(N2Cc3cc(N4CCOCC4)ccc3C2=O)C(=O)N1. The van der Waals surface area contributed by atoms with Crippen molar-refractivity contribution in [2.45, 2.75) is 25.4 Å². The fourth-order valence-corrected chi connectivity index (χ4v) is 3.58. The van der Waals surface area contributed by atoms with Gasteiger partial charge in [0, 0.05) is 37.3 Å². The van der Waals surface area contributed by atoms with Gasteiger partial charge in [-0.05, 0) is 30.2 Å². The number of ether oxygens (including phenoxy) is 1. The lowest BCUT2D eigenvalue weighted by Crippen LogP contribution is -2.52. The van der Waals surface area contributed by atoms with Gasteiger partial charge in [0.1, 0.15) is 6.04 Å². The maximum Gasteiger partial charge on any atom is 0.255 e. The summed E-state index contributed by atoms with van der Waals surface area (Å²) < 4.78 is 5.37. The van der Waals surface area contributed by atoms with Gasteiger partial charge in [-0.15, -0.1) is 0 Å². The van der Waals surface area contributed by atoms with Crippen LogP contribution in [0.25, 0.3) is 0 Å². The Bertz CT molecular complexity index is 712. The van der Waals surface area contributed by atoms with Crippen molar-refractivity contribution in [3.63, 3.8) is 0 Å². The number of fused-ring (bicyclic) bond motifs is 1. The van der Waals surface area contributed by atoms with E-state index in [-0.39, 0.29) is 24.1 Å². The zero-order chi connectivity index (χ0) is 16.7. The molecular formula is C17H19N3O4. The number of nitrogens with one attached hydrogen (secondary N) is 1. The summed E-state index contributed by atoms with van der Waals surface area (Å²) in [5, 5.41) is 2.32. The van der Waals surface area contributed by atoms with E-state index in [0.29, 0.717) is 31.7 Å². The summed E-state index contributed by atoms with van der Waals surface area (Å²) in [6, 6.07) is 5.27. The number of morpholine rings is 1. The molecule has 0 saturated carbocycles. The van der Waals surface area contributed by atoms with Crippen molar-refractivity contribution in [2.75, 3.05) is 31.2 Å². The minimum Gasteiger partial charge on any atom is -0.378 e. The minimum atomic E-state index is -0.561. The Morgan fingerprint density at radius 1 is 1.12 bits per heavy atom. The van der Waals surface area contributed by atoms with Crippen LogP contribution in [0.5, 0.6) is 0 Å². The Morgan fingerprint density at radius 3 is 2.67 bits per heavy atom. The van der Waals surface area contributed by atoms with Crippen LogP contribution in [0, 0.1) is 0 Å². The summed E-state index contributed by atoms with van der Waals surface area (Å²) in [5.74, 6) is -0.774. The molecule has 4 rings (SSSR count). The summed E-state index contributed by atoms with van der Waals surface area (Å²) in [7, 11) is 0. The molecule has 1 aromatic rings. The molecule has 0 aliphatic carbocycles. The third-order valence-corrected chi connectivity index (χ3v) is 4.88. The molecule has 0 radical (unpaired) electrons. The first-order valence-corrected chi connectivity index (χ1v) is 8.24. The van der Waals surface area contributed by atoms with Gasteiger partial charge in [0.2, 0.25) is 11.8 Å². The number of imide groups is 1. The Hall–Kier alpha value is -2.41. The van der Waals surface area contributed by atoms with Crippen LogP contribution < -0.4 is 10.2 Å². The van der Waals surface area contributed by atoms with E-state index in [4.69, 9.17) is 4.74 Å². The van der Waals surface area contributed by atoms with Gasteiger partial charge in [0.25, 0.3) is 5.91 Å². The highest BCUT2D eigenvalue weighted by Gasteiger charge is 2.39. The molecule has 7 nitrogen and oxygen atoms in total. The number of benzene rings is 1. The second kappa shape index (κ2) is 5.90. The average Bonchev–Trinajstić information content (AvgIpc) is 2.92. The molecule has 3 aliphatic heterocycles. The van der Waals surface area contributed by atoms with Crippen molar-refractivity contribution in [3.05, 3.63) is 29.3 Å². The smallest absolute Gasteiger partial charge is 0.255 e. The van der Waals surface area contributed by atoms with Gasteiger partial charge in [-0.25, -0.2) is 0 Å². The van der Waals surface area contributed by atoms with E-state index in [0.717, 1.165) is 24.3 Å². The van der Waals surface area contributed by atoms with Crippen molar-refractivity contribution in [1.29, 1.82) is 0 Å². The number of carbonyl (C=O) groups excluding carboxylic acids is 3. The molecule has 0 bridgehead atoms. The highest BCUT2D eigenvalue weighted by molar-refractivity contribution is 6.05. The fourth-order valence-electron chi connectivity index (χ4n) is 3.58. The van der Waals surface area contributed by atoms with Gasteiger partial charge in [-0.3, -0.25) is 19.7 Å². The van der Waals surface area contributed by atoms with Crippen LogP contribution in [0.3, 0.4) is 0 Å². The molecule has 1 unspecified atom stereocenters. The summed E-state index contributed by atoms with van der Waals surface area (Å²) in [6.45, 7) is 3.50. The lowest BCUT2D eigenvalue weighted by molar-refractivity contribution is -0.136. The maximum atomic E-state index is 12.6. The first-order chi connectivity index (χ1) is 11.6. The van der Waals surface area contributed by atoms with Crippen LogP contribution in [0.2, 0.25) is 0 Å².